The molecule has 1 unspecified atom stereocenters. The maximum absolute atomic E-state index is 13.5. The van der Waals surface area contributed by atoms with Crippen molar-refractivity contribution >= 4 is 44.9 Å². The monoisotopic (exact) mass is 670 g/mol. The Morgan fingerprint density at radius 1 is 0.955 bits per heavy atom. The molecule has 1 heterocycles. The second-order valence-electron chi connectivity index (χ2n) is 10.9. The number of hydrogen-bond acceptors (Lipinski definition) is 8. The first kappa shape index (κ1) is 32.1. The molecule has 0 aliphatic heterocycles. The van der Waals surface area contributed by atoms with Crippen LogP contribution in [0.4, 0.5) is 14.5 Å². The molecule has 0 bridgehead atoms. The third-order valence-electron chi connectivity index (χ3n) is 7.00. The summed E-state index contributed by atoms with van der Waals surface area (Å²) in [4.78, 5) is 17.5. The number of aromatic nitrogens is 1. The molecule has 2 aromatic carbocycles. The summed E-state index contributed by atoms with van der Waals surface area (Å²) in [6.45, 7) is -2.33. The summed E-state index contributed by atoms with van der Waals surface area (Å²) in [7, 11) is -3.70. The molecule has 14 heteroatoms. The highest BCUT2D eigenvalue weighted by atomic mass is 35.5. The Balaban J connectivity index is 1.46. The van der Waals surface area contributed by atoms with E-state index in [1.54, 1.807) is 0 Å². The fourth-order valence-electron chi connectivity index (χ4n) is 4.32. The number of ether oxygens (including phenoxy) is 4. The standard InChI is InChI=1S/C30H30Cl2F2N2O7S/c1-44(38,39)36-24-10-20(7-8-25(24)40-15-17-2-3-17)29(37)42-27(12-21-22(31)13-35-14-23(21)32)19-6-9-26(43-30(33)34)28(11-19)41-16-18-4-5-18/h6-11,13-14,17-18,27,30,36H,2-5,12,15-16H2,1H3. The molecule has 1 atom stereocenters. The number of carbonyl (C=O) groups is 1. The fraction of sp³-hybridized carbons (Fsp3) is 0.400. The van der Waals surface area contributed by atoms with Gasteiger partial charge in [-0.25, -0.2) is 13.2 Å². The smallest absolute Gasteiger partial charge is 0.387 e. The van der Waals surface area contributed by atoms with Crippen molar-refractivity contribution in [3.8, 4) is 17.2 Å². The Kier molecular flexibility index (Phi) is 10.0. The molecule has 236 valence electrons. The molecule has 2 fully saturated rings. The van der Waals surface area contributed by atoms with Crippen LogP contribution in [-0.2, 0) is 21.2 Å². The molecule has 44 heavy (non-hydrogen) atoms. The fourth-order valence-corrected chi connectivity index (χ4v) is 5.40. The number of halogens is 4. The minimum atomic E-state index is -3.70. The lowest BCUT2D eigenvalue weighted by molar-refractivity contribution is -0.0515. The molecule has 2 aliphatic rings. The van der Waals surface area contributed by atoms with Crippen LogP contribution in [0.3, 0.4) is 0 Å². The minimum absolute atomic E-state index is 0.0000716. The molecule has 2 aliphatic carbocycles. The third-order valence-corrected chi connectivity index (χ3v) is 8.24. The van der Waals surface area contributed by atoms with Crippen molar-refractivity contribution in [2.24, 2.45) is 11.8 Å². The highest BCUT2D eigenvalue weighted by Crippen LogP contribution is 2.39. The summed E-state index contributed by atoms with van der Waals surface area (Å²) < 4.78 is 75.0. The van der Waals surface area contributed by atoms with Crippen LogP contribution < -0.4 is 18.9 Å². The van der Waals surface area contributed by atoms with E-state index >= 15 is 0 Å². The zero-order chi connectivity index (χ0) is 31.4. The number of pyridine rings is 1. The summed E-state index contributed by atoms with van der Waals surface area (Å²) in [5, 5.41) is 0.469. The predicted octanol–water partition coefficient (Wildman–Crippen LogP) is 7.08. The Bertz CT molecular complexity index is 1600. The number of nitrogens with zero attached hydrogens (tertiary/aromatic N) is 1. The highest BCUT2D eigenvalue weighted by Gasteiger charge is 2.27. The number of hydrogen-bond donors (Lipinski definition) is 1. The van der Waals surface area contributed by atoms with E-state index in [1.165, 1.54) is 48.8 Å². The van der Waals surface area contributed by atoms with Gasteiger partial charge in [0.05, 0.1) is 40.8 Å². The maximum atomic E-state index is 13.5. The quantitative estimate of drug-likeness (QED) is 0.171. The average Bonchev–Trinajstić information content (AvgIpc) is 3.88. The predicted molar refractivity (Wildman–Crippen MR) is 161 cm³/mol. The maximum Gasteiger partial charge on any atom is 0.387 e. The van der Waals surface area contributed by atoms with Gasteiger partial charge in [0, 0.05) is 18.8 Å². The number of sulfonamides is 1. The number of benzene rings is 2. The zero-order valence-corrected chi connectivity index (χ0v) is 25.9. The summed E-state index contributed by atoms with van der Waals surface area (Å²) in [6.07, 6.45) is 6.79. The van der Waals surface area contributed by atoms with Crippen molar-refractivity contribution in [1.82, 2.24) is 4.98 Å². The summed E-state index contributed by atoms with van der Waals surface area (Å²) in [5.74, 6) is 0.126. The van der Waals surface area contributed by atoms with Crippen molar-refractivity contribution in [3.05, 3.63) is 75.5 Å². The number of esters is 1. The van der Waals surface area contributed by atoms with Gasteiger partial charge < -0.3 is 18.9 Å². The van der Waals surface area contributed by atoms with Crippen molar-refractivity contribution < 1.29 is 40.9 Å². The number of anilines is 1. The summed E-state index contributed by atoms with van der Waals surface area (Å²) >= 11 is 12.8. The van der Waals surface area contributed by atoms with Crippen molar-refractivity contribution in [1.29, 1.82) is 0 Å². The van der Waals surface area contributed by atoms with Crippen LogP contribution in [-0.4, -0.2) is 45.5 Å². The van der Waals surface area contributed by atoms with Crippen LogP contribution >= 0.6 is 23.2 Å². The van der Waals surface area contributed by atoms with Gasteiger partial charge in [0.15, 0.2) is 11.5 Å². The van der Waals surface area contributed by atoms with Gasteiger partial charge in [-0.15, -0.1) is 0 Å². The average molecular weight is 672 g/mol. The number of rotatable bonds is 15. The lowest BCUT2D eigenvalue weighted by atomic mass is 10.0. The first-order valence-electron chi connectivity index (χ1n) is 13.9. The van der Waals surface area contributed by atoms with Crippen LogP contribution in [0.5, 0.6) is 17.2 Å². The van der Waals surface area contributed by atoms with Crippen molar-refractivity contribution in [2.45, 2.75) is 44.8 Å². The molecule has 0 radical (unpaired) electrons. The van der Waals surface area contributed by atoms with Crippen molar-refractivity contribution in [2.75, 3.05) is 24.2 Å². The topological polar surface area (TPSA) is 113 Å². The van der Waals surface area contributed by atoms with Gasteiger partial charge in [-0.3, -0.25) is 9.71 Å². The largest absolute Gasteiger partial charge is 0.491 e. The summed E-state index contributed by atoms with van der Waals surface area (Å²) in [5.41, 5.74) is 0.963. The number of alkyl halides is 2. The first-order valence-corrected chi connectivity index (χ1v) is 16.5. The highest BCUT2D eigenvalue weighted by molar-refractivity contribution is 7.92. The Morgan fingerprint density at radius 2 is 1.57 bits per heavy atom. The molecule has 0 spiro atoms. The van der Waals surface area contributed by atoms with Crippen LogP contribution in [0.1, 0.15) is 53.3 Å². The SMILES string of the molecule is CS(=O)(=O)Nc1cc(C(=O)OC(Cc2c(Cl)cncc2Cl)c2ccc(OC(F)F)c(OCC3CC3)c2)ccc1OCC1CC1. The van der Waals surface area contributed by atoms with E-state index in [-0.39, 0.29) is 45.0 Å². The molecule has 0 saturated heterocycles. The normalized spacial score (nSPS) is 15.5. The molecular weight excluding hydrogens is 641 g/mol. The van der Waals surface area contributed by atoms with E-state index in [0.717, 1.165) is 31.9 Å². The molecule has 1 N–H and O–H groups in total. The Morgan fingerprint density at radius 3 is 2.16 bits per heavy atom. The van der Waals surface area contributed by atoms with Gasteiger partial charge in [-0.05, 0) is 79.0 Å². The Labute approximate surface area is 263 Å². The second-order valence-corrected chi connectivity index (χ2v) is 13.4. The van der Waals surface area contributed by atoms with Crippen molar-refractivity contribution in [3.63, 3.8) is 0 Å². The minimum Gasteiger partial charge on any atom is -0.491 e. The molecule has 3 aromatic rings. The lowest BCUT2D eigenvalue weighted by Crippen LogP contribution is -2.16. The van der Waals surface area contributed by atoms with E-state index < -0.39 is 28.7 Å². The molecule has 1 aromatic heterocycles. The van der Waals surface area contributed by atoms with Crippen LogP contribution in [0.25, 0.3) is 0 Å². The van der Waals surface area contributed by atoms with Gasteiger partial charge >= 0.3 is 12.6 Å². The Hall–Kier alpha value is -3.35. The van der Waals surface area contributed by atoms with E-state index in [1.807, 2.05) is 0 Å². The van der Waals surface area contributed by atoms with Crippen LogP contribution in [0.2, 0.25) is 10.0 Å². The second kappa shape index (κ2) is 13.7. The van der Waals surface area contributed by atoms with Crippen LogP contribution in [0, 0.1) is 11.8 Å². The number of nitrogens with one attached hydrogen (secondary N) is 1. The van der Waals surface area contributed by atoms with Gasteiger partial charge in [0.2, 0.25) is 10.0 Å². The first-order chi connectivity index (χ1) is 20.9. The van der Waals surface area contributed by atoms with E-state index in [9.17, 15) is 22.0 Å². The van der Waals surface area contributed by atoms with Crippen LogP contribution in [0.15, 0.2) is 48.8 Å². The van der Waals surface area contributed by atoms with Gasteiger partial charge in [-0.1, -0.05) is 29.3 Å². The molecule has 0 amide bonds. The summed E-state index contributed by atoms with van der Waals surface area (Å²) in [6, 6.07) is 8.57. The molecular formula is C30H30Cl2F2N2O7S. The van der Waals surface area contributed by atoms with Gasteiger partial charge in [0.1, 0.15) is 11.9 Å². The van der Waals surface area contributed by atoms with E-state index in [0.29, 0.717) is 36.2 Å². The van der Waals surface area contributed by atoms with E-state index in [2.05, 4.69) is 14.4 Å². The lowest BCUT2D eigenvalue weighted by Gasteiger charge is -2.22. The third kappa shape index (κ3) is 9.09. The molecule has 9 nitrogen and oxygen atoms in total. The van der Waals surface area contributed by atoms with E-state index in [4.69, 9.17) is 37.4 Å². The molecule has 2 saturated carbocycles. The number of carbonyl (C=O) groups excluding carboxylic acids is 1. The molecule has 5 rings (SSSR count). The van der Waals surface area contributed by atoms with Gasteiger partial charge in [-0.2, -0.15) is 8.78 Å². The van der Waals surface area contributed by atoms with Gasteiger partial charge in [0.25, 0.3) is 0 Å². The zero-order valence-electron chi connectivity index (χ0n) is 23.6.